The van der Waals surface area contributed by atoms with Gasteiger partial charge in [-0.1, -0.05) is 105 Å². The minimum absolute atomic E-state index is 0.0390. The van der Waals surface area contributed by atoms with E-state index in [9.17, 15) is 19.8 Å². The smallest absolute Gasteiger partial charge is 0.318 e. The first kappa shape index (κ1) is 35.3. The molecular formula is C47H52N2O5. The van der Waals surface area contributed by atoms with E-state index in [1.807, 2.05) is 60.4 Å². The van der Waals surface area contributed by atoms with Gasteiger partial charge in [-0.15, -0.1) is 0 Å². The first-order valence-corrected chi connectivity index (χ1v) is 19.9. The van der Waals surface area contributed by atoms with E-state index in [-0.39, 0.29) is 41.7 Å². The summed E-state index contributed by atoms with van der Waals surface area (Å²) in [5, 5.41) is 29.7. The number of aliphatic hydroxyl groups excluding tert-OH is 1. The summed E-state index contributed by atoms with van der Waals surface area (Å²) in [6, 6.07) is 27.5. The highest BCUT2D eigenvalue weighted by molar-refractivity contribution is 6.08. The molecule has 1 heterocycles. The molecule has 1 aromatic heterocycles. The third kappa shape index (κ3) is 5.00. The number of rotatable bonds is 8. The Morgan fingerprint density at radius 3 is 2.39 bits per heavy atom. The molecule has 6 aliphatic carbocycles. The second-order valence-electron chi connectivity index (χ2n) is 17.7. The Labute approximate surface area is 318 Å². The summed E-state index contributed by atoms with van der Waals surface area (Å²) in [6.45, 7) is 7.12. The number of aliphatic hydroxyl groups is 2. The number of amides is 2. The van der Waals surface area contributed by atoms with Gasteiger partial charge in [0.05, 0.1) is 30.6 Å². The van der Waals surface area contributed by atoms with Crippen LogP contribution in [0, 0.1) is 33.5 Å². The van der Waals surface area contributed by atoms with Crippen molar-refractivity contribution >= 4 is 22.6 Å². The fraction of sp³-hybridized carbons (Fsp3) is 0.447. The number of hydrogen-bond acceptors (Lipinski definition) is 5. The molecule has 0 saturated heterocycles. The van der Waals surface area contributed by atoms with Crippen molar-refractivity contribution in [3.8, 4) is 0 Å². The topological polar surface area (TPSA) is 103 Å². The zero-order valence-corrected chi connectivity index (χ0v) is 31.6. The van der Waals surface area contributed by atoms with Gasteiger partial charge in [0.2, 0.25) is 5.78 Å². The highest BCUT2D eigenvalue weighted by atomic mass is 16.3. The average molecular weight is 725 g/mol. The van der Waals surface area contributed by atoms with Crippen molar-refractivity contribution in [1.29, 1.82) is 0 Å². The van der Waals surface area contributed by atoms with Crippen molar-refractivity contribution in [2.75, 3.05) is 6.54 Å². The molecule has 54 heavy (non-hydrogen) atoms. The van der Waals surface area contributed by atoms with Gasteiger partial charge in [0.25, 0.3) is 0 Å². The molecule has 6 aliphatic rings. The highest BCUT2D eigenvalue weighted by Crippen LogP contribution is 2.78. The predicted molar refractivity (Wildman–Crippen MR) is 209 cm³/mol. The van der Waals surface area contributed by atoms with Crippen molar-refractivity contribution in [3.63, 3.8) is 0 Å². The Hall–Kier alpha value is -4.46. The second kappa shape index (κ2) is 12.5. The summed E-state index contributed by atoms with van der Waals surface area (Å²) < 4.78 is 5.76. The number of benzene rings is 3. The van der Waals surface area contributed by atoms with Crippen LogP contribution in [-0.4, -0.2) is 45.2 Å². The number of carbonyl (C=O) groups is 2. The van der Waals surface area contributed by atoms with Crippen molar-refractivity contribution in [3.05, 3.63) is 132 Å². The normalized spacial score (nSPS) is 35.4. The minimum Gasteiger partial charge on any atom is -0.461 e. The number of allylic oxidation sites excluding steroid dienone is 4. The van der Waals surface area contributed by atoms with Gasteiger partial charge in [-0.3, -0.25) is 4.79 Å². The van der Waals surface area contributed by atoms with Crippen molar-refractivity contribution < 1.29 is 24.2 Å². The van der Waals surface area contributed by atoms with Crippen LogP contribution in [0.5, 0.6) is 0 Å². The molecule has 10 rings (SSSR count). The molecule has 280 valence electrons. The number of Topliss-reactive ketones (excluding diaryl/α,β-unsaturated/α-hetero) is 1. The molecule has 1 unspecified atom stereocenters. The van der Waals surface area contributed by atoms with Crippen LogP contribution in [0.2, 0.25) is 0 Å². The Kier molecular flexibility index (Phi) is 8.19. The zero-order chi connectivity index (χ0) is 37.5. The van der Waals surface area contributed by atoms with Crippen LogP contribution < -0.4 is 5.32 Å². The quantitative estimate of drug-likeness (QED) is 0.124. The Morgan fingerprint density at radius 2 is 1.59 bits per heavy atom. The van der Waals surface area contributed by atoms with Gasteiger partial charge in [0.15, 0.2) is 5.76 Å². The molecule has 3 N–H and O–H groups in total. The predicted octanol–water partition coefficient (Wildman–Crippen LogP) is 9.18. The summed E-state index contributed by atoms with van der Waals surface area (Å²) in [5.74, 6) is 0.365. The number of hydrogen-bond donors (Lipinski definition) is 3. The monoisotopic (exact) mass is 724 g/mol. The summed E-state index contributed by atoms with van der Waals surface area (Å²) in [7, 11) is 0. The summed E-state index contributed by atoms with van der Waals surface area (Å²) in [6.07, 6.45) is 13.1. The Balaban J connectivity index is 1.10. The van der Waals surface area contributed by atoms with E-state index >= 15 is 0 Å². The number of carbonyl (C=O) groups excluding carboxylic acids is 2. The number of ketones is 1. The van der Waals surface area contributed by atoms with Crippen LogP contribution in [0.3, 0.4) is 0 Å². The first-order valence-electron chi connectivity index (χ1n) is 19.9. The molecule has 0 aliphatic heterocycles. The van der Waals surface area contributed by atoms with E-state index in [2.05, 4.69) is 61.7 Å². The molecule has 2 spiro atoms. The van der Waals surface area contributed by atoms with Gasteiger partial charge < -0.3 is 24.8 Å². The number of furan rings is 1. The van der Waals surface area contributed by atoms with Crippen LogP contribution in [0.1, 0.15) is 93.4 Å². The maximum Gasteiger partial charge on any atom is 0.318 e. The standard InChI is InChI=1S/C47H52N2O5/c1-31(32-11-5-4-6-12-32)48-42(52)49(29-34-15-9-14-33-13-7-8-16-36(33)34)30-46(53)23-20-40-44(46,3)22-19-39-43(2)21-18-35(50)27-45(43)24-25-47(39,40)37(28-45)41(51)38-17-10-26-54-38/h4-17,24-26,28,31,35,39-40,50,53H,18-23,27,29-30H2,1-3H3,(H,48,52)/t31-,35?,39-,40-,43-,44+,45+,46-,47-/m1/s1. The largest absolute Gasteiger partial charge is 0.461 e. The van der Waals surface area contributed by atoms with E-state index in [1.54, 1.807) is 18.4 Å². The lowest BCUT2D eigenvalue weighted by Gasteiger charge is -2.71. The van der Waals surface area contributed by atoms with Crippen LogP contribution in [0.15, 0.2) is 119 Å². The van der Waals surface area contributed by atoms with Gasteiger partial charge in [0.1, 0.15) is 0 Å². The number of nitrogens with zero attached hydrogens (tertiary/aromatic N) is 1. The summed E-state index contributed by atoms with van der Waals surface area (Å²) in [4.78, 5) is 31.0. The van der Waals surface area contributed by atoms with E-state index in [0.29, 0.717) is 25.1 Å². The van der Waals surface area contributed by atoms with Gasteiger partial charge in [-0.2, -0.15) is 0 Å². The molecule has 2 amide bonds. The average Bonchev–Trinajstić information content (AvgIpc) is 3.81. The van der Waals surface area contributed by atoms with E-state index in [4.69, 9.17) is 4.42 Å². The molecule has 7 heteroatoms. The molecule has 7 nitrogen and oxygen atoms in total. The molecule has 3 fully saturated rings. The van der Waals surface area contributed by atoms with Gasteiger partial charge >= 0.3 is 6.03 Å². The van der Waals surface area contributed by atoms with E-state index in [1.165, 1.54) is 0 Å². The van der Waals surface area contributed by atoms with Crippen molar-refractivity contribution in [1.82, 2.24) is 10.2 Å². The highest BCUT2D eigenvalue weighted by Gasteiger charge is 2.74. The number of nitrogens with one attached hydrogen (secondary N) is 1. The number of fused-ring (bicyclic) bond motifs is 2. The van der Waals surface area contributed by atoms with E-state index < -0.39 is 27.9 Å². The fourth-order valence-electron chi connectivity index (χ4n) is 12.4. The second-order valence-corrected chi connectivity index (χ2v) is 17.7. The van der Waals surface area contributed by atoms with Crippen LogP contribution >= 0.6 is 0 Å². The Bertz CT molecular complexity index is 2160. The maximum absolute atomic E-state index is 14.6. The lowest BCUT2D eigenvalue weighted by molar-refractivity contribution is -0.174. The van der Waals surface area contributed by atoms with Gasteiger partial charge in [-0.05, 0) is 103 Å². The maximum atomic E-state index is 14.6. The molecule has 4 aromatic rings. The molecule has 0 radical (unpaired) electrons. The lowest BCUT2D eigenvalue weighted by Crippen LogP contribution is -2.67. The molecular weight excluding hydrogens is 673 g/mol. The third-order valence-electron chi connectivity index (χ3n) is 15.3. The number of urea groups is 1. The zero-order valence-electron chi connectivity index (χ0n) is 31.6. The van der Waals surface area contributed by atoms with Crippen LogP contribution in [0.25, 0.3) is 10.8 Å². The van der Waals surface area contributed by atoms with Gasteiger partial charge in [0, 0.05) is 28.4 Å². The van der Waals surface area contributed by atoms with Gasteiger partial charge in [-0.25, -0.2) is 4.79 Å². The lowest BCUT2D eigenvalue weighted by atomic mass is 9.32. The van der Waals surface area contributed by atoms with Crippen LogP contribution in [0.4, 0.5) is 4.79 Å². The molecule has 2 bridgehead atoms. The molecule has 3 aromatic carbocycles. The van der Waals surface area contributed by atoms with Crippen LogP contribution in [-0.2, 0) is 6.54 Å². The minimum atomic E-state index is -1.21. The SMILES string of the molecule is C[C@@H](NC(=O)N(Cc1cccc2ccccc12)C[C@]1(O)CC[C@H]2[C@]34C=C[C@@]5(C=C3C(=O)c3ccco3)CC(O)CC[C@]5(C)[C@H]4CC[C@@]21C)c1ccccc1. The summed E-state index contributed by atoms with van der Waals surface area (Å²) >= 11 is 0. The fourth-order valence-corrected chi connectivity index (χ4v) is 12.4. The van der Waals surface area contributed by atoms with Crippen molar-refractivity contribution in [2.45, 2.75) is 90.0 Å². The summed E-state index contributed by atoms with van der Waals surface area (Å²) in [5.41, 5.74) is -0.158. The van der Waals surface area contributed by atoms with E-state index in [0.717, 1.165) is 59.6 Å². The third-order valence-corrected chi connectivity index (χ3v) is 15.3. The molecule has 9 atom stereocenters. The first-order chi connectivity index (χ1) is 25.9. The Morgan fingerprint density at radius 1 is 0.870 bits per heavy atom. The molecule has 3 saturated carbocycles. The van der Waals surface area contributed by atoms with Crippen molar-refractivity contribution in [2.24, 2.45) is 33.5 Å².